The van der Waals surface area contributed by atoms with Crippen LogP contribution in [0.5, 0.6) is 0 Å². The molecule has 16 heavy (non-hydrogen) atoms. The topological polar surface area (TPSA) is 55.1 Å². The summed E-state index contributed by atoms with van der Waals surface area (Å²) in [6, 6.07) is 10.4. The van der Waals surface area contributed by atoms with Crippen molar-refractivity contribution in [2.24, 2.45) is 0 Å². The van der Waals surface area contributed by atoms with Crippen molar-refractivity contribution in [2.75, 3.05) is 11.1 Å². The molecule has 1 amide bonds. The van der Waals surface area contributed by atoms with E-state index in [2.05, 4.69) is 5.32 Å². The van der Waals surface area contributed by atoms with Crippen LogP contribution in [0.25, 0.3) is 0 Å². The van der Waals surface area contributed by atoms with Crippen molar-refractivity contribution in [3.05, 3.63) is 45.6 Å². The van der Waals surface area contributed by atoms with Gasteiger partial charge in [0.05, 0.1) is 9.21 Å². The molecule has 0 saturated carbocycles. The third-order valence-corrected chi connectivity index (χ3v) is 3.17. The molecule has 2 rings (SSSR count). The Morgan fingerprint density at radius 3 is 2.75 bits per heavy atom. The molecule has 2 aromatic rings. The van der Waals surface area contributed by atoms with Gasteiger partial charge in [-0.2, -0.15) is 0 Å². The molecule has 82 valence electrons. The molecule has 5 heteroatoms. The number of amides is 1. The first-order chi connectivity index (χ1) is 7.65. The fourth-order valence-corrected chi connectivity index (χ4v) is 2.18. The summed E-state index contributed by atoms with van der Waals surface area (Å²) >= 11 is 6.99. The van der Waals surface area contributed by atoms with Crippen LogP contribution in [0.2, 0.25) is 4.34 Å². The molecule has 0 fully saturated rings. The molecule has 0 radical (unpaired) electrons. The summed E-state index contributed by atoms with van der Waals surface area (Å²) < 4.78 is 0.595. The second kappa shape index (κ2) is 4.55. The monoisotopic (exact) mass is 252 g/mol. The summed E-state index contributed by atoms with van der Waals surface area (Å²) in [5.41, 5.74) is 6.90. The van der Waals surface area contributed by atoms with Gasteiger partial charge >= 0.3 is 0 Å². The van der Waals surface area contributed by atoms with Crippen molar-refractivity contribution in [1.82, 2.24) is 0 Å². The van der Waals surface area contributed by atoms with Crippen molar-refractivity contribution in [3.63, 3.8) is 0 Å². The number of rotatable bonds is 2. The van der Waals surface area contributed by atoms with Crippen LogP contribution >= 0.6 is 22.9 Å². The molecule has 1 aromatic carbocycles. The van der Waals surface area contributed by atoms with Gasteiger partial charge in [-0.3, -0.25) is 4.79 Å². The first kappa shape index (κ1) is 11.0. The smallest absolute Gasteiger partial charge is 0.265 e. The average Bonchev–Trinajstić information content (AvgIpc) is 2.65. The normalized spacial score (nSPS) is 10.1. The fraction of sp³-hybridized carbons (Fsp3) is 0. The largest absolute Gasteiger partial charge is 0.399 e. The van der Waals surface area contributed by atoms with Gasteiger partial charge in [-0.15, -0.1) is 11.3 Å². The van der Waals surface area contributed by atoms with Crippen LogP contribution in [-0.2, 0) is 0 Å². The minimum Gasteiger partial charge on any atom is -0.399 e. The molecular formula is C11H9ClN2OS. The van der Waals surface area contributed by atoms with Crippen LogP contribution in [0, 0.1) is 0 Å². The van der Waals surface area contributed by atoms with Gasteiger partial charge in [0, 0.05) is 11.4 Å². The number of benzene rings is 1. The van der Waals surface area contributed by atoms with Gasteiger partial charge in [0.2, 0.25) is 0 Å². The standard InChI is InChI=1S/C11H9ClN2OS/c12-10-5-4-9(16-10)11(15)14-8-3-1-2-7(13)6-8/h1-6H,13H2,(H,14,15). The number of hydrogen-bond donors (Lipinski definition) is 2. The first-order valence-corrected chi connectivity index (χ1v) is 5.77. The molecule has 1 aromatic heterocycles. The van der Waals surface area contributed by atoms with E-state index in [4.69, 9.17) is 17.3 Å². The maximum absolute atomic E-state index is 11.7. The molecular weight excluding hydrogens is 244 g/mol. The van der Waals surface area contributed by atoms with Crippen LogP contribution in [0.4, 0.5) is 11.4 Å². The minimum absolute atomic E-state index is 0.178. The number of thiophene rings is 1. The molecule has 1 heterocycles. The van der Waals surface area contributed by atoms with Crippen molar-refractivity contribution < 1.29 is 4.79 Å². The molecule has 3 N–H and O–H groups in total. The number of anilines is 2. The number of nitrogens with two attached hydrogens (primary N) is 1. The molecule has 0 aliphatic carbocycles. The minimum atomic E-state index is -0.178. The van der Waals surface area contributed by atoms with Crippen LogP contribution in [0.15, 0.2) is 36.4 Å². The van der Waals surface area contributed by atoms with E-state index < -0.39 is 0 Å². The second-order valence-corrected chi connectivity index (χ2v) is 4.90. The second-order valence-electron chi connectivity index (χ2n) is 3.18. The molecule has 0 atom stereocenters. The Labute approximate surface area is 102 Å². The van der Waals surface area contributed by atoms with Crippen LogP contribution in [0.1, 0.15) is 9.67 Å². The summed E-state index contributed by atoms with van der Waals surface area (Å²) in [4.78, 5) is 12.3. The van der Waals surface area contributed by atoms with Gasteiger partial charge < -0.3 is 11.1 Å². The third-order valence-electron chi connectivity index (χ3n) is 1.94. The van der Waals surface area contributed by atoms with E-state index in [-0.39, 0.29) is 5.91 Å². The highest BCUT2D eigenvalue weighted by Crippen LogP contribution is 2.22. The van der Waals surface area contributed by atoms with Crippen LogP contribution < -0.4 is 11.1 Å². The molecule has 0 spiro atoms. The molecule has 0 aliphatic rings. The third kappa shape index (κ3) is 2.53. The Kier molecular flexibility index (Phi) is 3.12. The summed E-state index contributed by atoms with van der Waals surface area (Å²) in [6.45, 7) is 0. The van der Waals surface area contributed by atoms with Crippen molar-refractivity contribution >= 4 is 40.2 Å². The predicted octanol–water partition coefficient (Wildman–Crippen LogP) is 3.24. The molecule has 0 bridgehead atoms. The highest BCUT2D eigenvalue weighted by atomic mass is 35.5. The lowest BCUT2D eigenvalue weighted by molar-refractivity contribution is 0.103. The van der Waals surface area contributed by atoms with E-state index in [0.717, 1.165) is 0 Å². The Hall–Kier alpha value is -1.52. The maximum Gasteiger partial charge on any atom is 0.265 e. The Morgan fingerprint density at radius 2 is 2.12 bits per heavy atom. The number of hydrogen-bond acceptors (Lipinski definition) is 3. The van der Waals surface area contributed by atoms with Gasteiger partial charge in [0.25, 0.3) is 5.91 Å². The summed E-state index contributed by atoms with van der Waals surface area (Å²) in [5.74, 6) is -0.178. The van der Waals surface area contributed by atoms with E-state index >= 15 is 0 Å². The Morgan fingerprint density at radius 1 is 1.31 bits per heavy atom. The van der Waals surface area contributed by atoms with Gasteiger partial charge in [0.1, 0.15) is 0 Å². The first-order valence-electron chi connectivity index (χ1n) is 4.57. The molecule has 0 aliphatic heterocycles. The Balaban J connectivity index is 2.13. The van der Waals surface area contributed by atoms with Crippen molar-refractivity contribution in [3.8, 4) is 0 Å². The highest BCUT2D eigenvalue weighted by molar-refractivity contribution is 7.18. The molecule has 0 unspecified atom stereocenters. The molecule has 3 nitrogen and oxygen atoms in total. The van der Waals surface area contributed by atoms with Crippen LogP contribution in [0.3, 0.4) is 0 Å². The maximum atomic E-state index is 11.7. The lowest BCUT2D eigenvalue weighted by atomic mass is 10.3. The van der Waals surface area contributed by atoms with E-state index in [1.165, 1.54) is 11.3 Å². The zero-order valence-corrected chi connectivity index (χ0v) is 9.81. The van der Waals surface area contributed by atoms with Gasteiger partial charge in [-0.1, -0.05) is 17.7 Å². The van der Waals surface area contributed by atoms with E-state index in [1.807, 2.05) is 0 Å². The van der Waals surface area contributed by atoms with E-state index in [1.54, 1.807) is 36.4 Å². The quantitative estimate of drug-likeness (QED) is 0.807. The fourth-order valence-electron chi connectivity index (χ4n) is 1.25. The van der Waals surface area contributed by atoms with Gasteiger partial charge in [-0.05, 0) is 30.3 Å². The summed E-state index contributed by atoms with van der Waals surface area (Å²) in [5, 5.41) is 2.75. The molecule has 0 saturated heterocycles. The highest BCUT2D eigenvalue weighted by Gasteiger charge is 2.08. The van der Waals surface area contributed by atoms with Crippen molar-refractivity contribution in [1.29, 1.82) is 0 Å². The van der Waals surface area contributed by atoms with E-state index in [9.17, 15) is 4.79 Å². The zero-order valence-electron chi connectivity index (χ0n) is 8.24. The Bertz CT molecular complexity index is 524. The van der Waals surface area contributed by atoms with Gasteiger partial charge in [0.15, 0.2) is 0 Å². The number of nitrogens with one attached hydrogen (secondary N) is 1. The number of carbonyl (C=O) groups is 1. The van der Waals surface area contributed by atoms with Gasteiger partial charge in [-0.25, -0.2) is 0 Å². The van der Waals surface area contributed by atoms with Crippen molar-refractivity contribution in [2.45, 2.75) is 0 Å². The summed E-state index contributed by atoms with van der Waals surface area (Å²) in [6.07, 6.45) is 0. The summed E-state index contributed by atoms with van der Waals surface area (Å²) in [7, 11) is 0. The van der Waals surface area contributed by atoms with Crippen LogP contribution in [-0.4, -0.2) is 5.91 Å². The number of nitrogen functional groups attached to an aromatic ring is 1. The SMILES string of the molecule is Nc1cccc(NC(=O)c2ccc(Cl)s2)c1. The lowest BCUT2D eigenvalue weighted by Crippen LogP contribution is -2.10. The average molecular weight is 253 g/mol. The number of halogens is 1. The lowest BCUT2D eigenvalue weighted by Gasteiger charge is -2.03. The predicted molar refractivity (Wildman–Crippen MR) is 68.1 cm³/mol. The zero-order chi connectivity index (χ0) is 11.5. The van der Waals surface area contributed by atoms with E-state index in [0.29, 0.717) is 20.6 Å². The number of carbonyl (C=O) groups excluding carboxylic acids is 1.